The summed E-state index contributed by atoms with van der Waals surface area (Å²) in [7, 11) is 0. The Hall–Kier alpha value is -1.65. The maximum absolute atomic E-state index is 12.5. The van der Waals surface area contributed by atoms with Gasteiger partial charge in [-0.2, -0.15) is 0 Å². The molecule has 1 aliphatic heterocycles. The van der Waals surface area contributed by atoms with Gasteiger partial charge in [0.15, 0.2) is 0 Å². The van der Waals surface area contributed by atoms with Crippen molar-refractivity contribution in [1.29, 1.82) is 0 Å². The molecule has 0 saturated carbocycles. The Morgan fingerprint density at radius 1 is 1.16 bits per heavy atom. The number of carbonyl (C=O) groups is 1. The molecule has 3 rings (SSSR count). The number of hydrogen-bond acceptors (Lipinski definition) is 2. The van der Waals surface area contributed by atoms with Crippen LogP contribution in [-0.4, -0.2) is 23.4 Å². The highest BCUT2D eigenvalue weighted by molar-refractivity contribution is 9.10. The van der Waals surface area contributed by atoms with Gasteiger partial charge in [0.25, 0.3) is 0 Å². The van der Waals surface area contributed by atoms with Gasteiger partial charge in [-0.1, -0.05) is 60.1 Å². The lowest BCUT2D eigenvalue weighted by atomic mass is 9.93. The molecule has 4 heteroatoms. The Kier molecular flexibility index (Phi) is 5.60. The van der Waals surface area contributed by atoms with E-state index in [9.17, 15) is 4.79 Å². The molecule has 0 spiro atoms. The van der Waals surface area contributed by atoms with E-state index in [2.05, 4.69) is 77.2 Å². The predicted molar refractivity (Wildman–Crippen MR) is 107 cm³/mol. The van der Waals surface area contributed by atoms with E-state index in [1.807, 2.05) is 18.2 Å². The maximum atomic E-state index is 12.5. The Morgan fingerprint density at radius 2 is 1.88 bits per heavy atom. The first-order chi connectivity index (χ1) is 12.0. The third-order valence-corrected chi connectivity index (χ3v) is 5.23. The fraction of sp³-hybridized carbons (Fsp3) is 0.381. The fourth-order valence-electron chi connectivity index (χ4n) is 3.73. The molecule has 0 aromatic heterocycles. The zero-order valence-electron chi connectivity index (χ0n) is 15.0. The van der Waals surface area contributed by atoms with Gasteiger partial charge in [-0.25, -0.2) is 0 Å². The van der Waals surface area contributed by atoms with Gasteiger partial charge in [-0.05, 0) is 48.6 Å². The summed E-state index contributed by atoms with van der Waals surface area (Å²) in [6.45, 7) is 7.10. The summed E-state index contributed by atoms with van der Waals surface area (Å²) < 4.78 is 1.03. The summed E-state index contributed by atoms with van der Waals surface area (Å²) >= 11 is 3.60. The minimum atomic E-state index is 0.0533. The first kappa shape index (κ1) is 18.2. The molecule has 25 heavy (non-hydrogen) atoms. The largest absolute Gasteiger partial charge is 0.325 e. The van der Waals surface area contributed by atoms with Gasteiger partial charge in [0.2, 0.25) is 5.91 Å². The maximum Gasteiger partial charge on any atom is 0.238 e. The Labute approximate surface area is 158 Å². The quantitative estimate of drug-likeness (QED) is 0.761. The van der Waals surface area contributed by atoms with Crippen molar-refractivity contribution in [3.05, 3.63) is 64.1 Å². The topological polar surface area (TPSA) is 32.3 Å². The zero-order chi connectivity index (χ0) is 18.0. The summed E-state index contributed by atoms with van der Waals surface area (Å²) in [5.74, 6) is 0.636. The molecule has 1 heterocycles. The molecular formula is C21H25BrN2O. The molecule has 0 radical (unpaired) electrons. The van der Waals surface area contributed by atoms with Gasteiger partial charge in [-0.15, -0.1) is 0 Å². The highest BCUT2D eigenvalue weighted by atomic mass is 79.9. The molecule has 1 aliphatic rings. The average molecular weight is 401 g/mol. The first-order valence-electron chi connectivity index (χ1n) is 8.85. The lowest BCUT2D eigenvalue weighted by Gasteiger charge is -2.36. The second-order valence-electron chi connectivity index (χ2n) is 7.24. The van der Waals surface area contributed by atoms with E-state index in [0.717, 1.165) is 22.1 Å². The van der Waals surface area contributed by atoms with Gasteiger partial charge in [0.1, 0.15) is 0 Å². The van der Waals surface area contributed by atoms with Crippen molar-refractivity contribution >= 4 is 27.5 Å². The van der Waals surface area contributed by atoms with Gasteiger partial charge < -0.3 is 5.32 Å². The van der Waals surface area contributed by atoms with Crippen molar-refractivity contribution in [1.82, 2.24) is 4.90 Å². The van der Waals surface area contributed by atoms with Crippen LogP contribution in [0.1, 0.15) is 44.4 Å². The minimum absolute atomic E-state index is 0.0533. The molecule has 3 nitrogen and oxygen atoms in total. The van der Waals surface area contributed by atoms with Crippen molar-refractivity contribution in [3.8, 4) is 0 Å². The Balaban J connectivity index is 2.13. The summed E-state index contributed by atoms with van der Waals surface area (Å²) in [6, 6.07) is 16.9. The van der Waals surface area contributed by atoms with Crippen molar-refractivity contribution in [2.45, 2.75) is 39.3 Å². The summed E-state index contributed by atoms with van der Waals surface area (Å²) in [4.78, 5) is 14.9. The lowest BCUT2D eigenvalue weighted by molar-refractivity contribution is -0.118. The van der Waals surface area contributed by atoms with E-state index < -0.39 is 0 Å². The second-order valence-corrected chi connectivity index (χ2v) is 8.16. The van der Waals surface area contributed by atoms with Crippen LogP contribution in [0.5, 0.6) is 0 Å². The molecule has 0 aliphatic carbocycles. The number of rotatable bonds is 4. The molecule has 2 aromatic carbocycles. The van der Waals surface area contributed by atoms with Crippen LogP contribution in [0.2, 0.25) is 0 Å². The molecule has 1 N–H and O–H groups in total. The van der Waals surface area contributed by atoms with Crippen molar-refractivity contribution in [2.75, 3.05) is 11.9 Å². The number of carbonyl (C=O) groups excluding carboxylic acids is 1. The number of anilines is 1. The van der Waals surface area contributed by atoms with E-state index in [0.29, 0.717) is 18.5 Å². The third-order valence-electron chi connectivity index (χ3n) is 4.73. The number of hydrogen-bond donors (Lipinski definition) is 1. The van der Waals surface area contributed by atoms with Crippen LogP contribution in [0.15, 0.2) is 53.0 Å². The Morgan fingerprint density at radius 3 is 2.56 bits per heavy atom. The molecule has 0 saturated heterocycles. The standard InChI is InChI=1S/C21H25BrN2O/c1-14(2)11-15(3)24-13-20(25)23-19-10-9-17(22)12-18(19)21(24)16-7-5-4-6-8-16/h4-10,12,14-15,21H,11,13H2,1-3H3,(H,23,25). The number of halogens is 1. The first-order valence-corrected chi connectivity index (χ1v) is 9.65. The normalized spacial score (nSPS) is 19.2. The third kappa shape index (κ3) is 4.13. The zero-order valence-corrected chi connectivity index (χ0v) is 16.6. The second kappa shape index (κ2) is 7.71. The molecule has 1 amide bonds. The van der Waals surface area contributed by atoms with Gasteiger partial charge in [0.05, 0.1) is 12.6 Å². The molecular weight excluding hydrogens is 376 g/mol. The molecule has 2 unspecified atom stereocenters. The van der Waals surface area contributed by atoms with Crippen molar-refractivity contribution < 1.29 is 4.79 Å². The van der Waals surface area contributed by atoms with Gasteiger partial charge in [0, 0.05) is 16.2 Å². The van der Waals surface area contributed by atoms with E-state index in [-0.39, 0.29) is 11.9 Å². The summed E-state index contributed by atoms with van der Waals surface area (Å²) in [5.41, 5.74) is 3.26. The number of nitrogens with one attached hydrogen (secondary N) is 1. The van der Waals surface area contributed by atoms with Gasteiger partial charge >= 0.3 is 0 Å². The highest BCUT2D eigenvalue weighted by Gasteiger charge is 2.33. The van der Waals surface area contributed by atoms with E-state index in [4.69, 9.17) is 0 Å². The van der Waals surface area contributed by atoms with E-state index in [1.165, 1.54) is 5.56 Å². The Bertz CT molecular complexity index is 745. The van der Waals surface area contributed by atoms with Crippen LogP contribution < -0.4 is 5.32 Å². The highest BCUT2D eigenvalue weighted by Crippen LogP contribution is 2.38. The predicted octanol–water partition coefficient (Wildman–Crippen LogP) is 5.23. The molecule has 132 valence electrons. The lowest BCUT2D eigenvalue weighted by Crippen LogP contribution is -2.41. The van der Waals surface area contributed by atoms with Crippen molar-refractivity contribution in [2.24, 2.45) is 5.92 Å². The van der Waals surface area contributed by atoms with Gasteiger partial charge in [-0.3, -0.25) is 9.69 Å². The van der Waals surface area contributed by atoms with Crippen LogP contribution >= 0.6 is 15.9 Å². The SMILES string of the molecule is CC(C)CC(C)N1CC(=O)Nc2ccc(Br)cc2C1c1ccccc1. The summed E-state index contributed by atoms with van der Waals surface area (Å²) in [6.07, 6.45) is 1.06. The monoisotopic (exact) mass is 400 g/mol. The summed E-state index contributed by atoms with van der Waals surface area (Å²) in [5, 5.41) is 3.09. The molecule has 0 bridgehead atoms. The van der Waals surface area contributed by atoms with Crippen LogP contribution in [0.3, 0.4) is 0 Å². The van der Waals surface area contributed by atoms with Crippen molar-refractivity contribution in [3.63, 3.8) is 0 Å². The van der Waals surface area contributed by atoms with Crippen LogP contribution in [0, 0.1) is 5.92 Å². The van der Waals surface area contributed by atoms with E-state index >= 15 is 0 Å². The number of benzene rings is 2. The smallest absolute Gasteiger partial charge is 0.238 e. The van der Waals surface area contributed by atoms with Crippen LogP contribution in [0.25, 0.3) is 0 Å². The fourth-order valence-corrected chi connectivity index (χ4v) is 4.11. The molecule has 2 aromatic rings. The average Bonchev–Trinajstić information content (AvgIpc) is 2.71. The number of amides is 1. The van der Waals surface area contributed by atoms with Crippen LogP contribution in [-0.2, 0) is 4.79 Å². The number of fused-ring (bicyclic) bond motifs is 1. The number of nitrogens with zero attached hydrogens (tertiary/aromatic N) is 1. The minimum Gasteiger partial charge on any atom is -0.325 e. The molecule has 2 atom stereocenters. The van der Waals surface area contributed by atoms with Crippen LogP contribution in [0.4, 0.5) is 5.69 Å². The molecule has 0 fully saturated rings. The van der Waals surface area contributed by atoms with E-state index in [1.54, 1.807) is 0 Å².